The van der Waals surface area contributed by atoms with Crippen LogP contribution >= 0.6 is 0 Å². The molecule has 0 spiro atoms. The van der Waals surface area contributed by atoms with Crippen molar-refractivity contribution >= 4 is 5.91 Å². The predicted octanol–water partition coefficient (Wildman–Crippen LogP) is 1.65. The van der Waals surface area contributed by atoms with Crippen LogP contribution in [0.3, 0.4) is 0 Å². The third-order valence-corrected chi connectivity index (χ3v) is 3.57. The van der Waals surface area contributed by atoms with Gasteiger partial charge < -0.3 is 0 Å². The fourth-order valence-corrected chi connectivity index (χ4v) is 2.56. The smallest absolute Gasteiger partial charge is 0.236 e. The molecule has 1 aromatic heterocycles. The molecule has 4 heteroatoms. The molecule has 1 fully saturated rings. The van der Waals surface area contributed by atoms with E-state index in [0.29, 0.717) is 5.92 Å². The molecule has 3 N–H and O–H groups in total. The summed E-state index contributed by atoms with van der Waals surface area (Å²) >= 11 is 0. The number of hydrazine groups is 1. The van der Waals surface area contributed by atoms with Crippen LogP contribution in [0.5, 0.6) is 0 Å². The average molecular weight is 233 g/mol. The predicted molar refractivity (Wildman–Crippen MR) is 66.0 cm³/mol. The lowest BCUT2D eigenvalue weighted by Crippen LogP contribution is -2.37. The number of aryl methyl sites for hydroxylation is 1. The van der Waals surface area contributed by atoms with Gasteiger partial charge in [0.05, 0.1) is 0 Å². The van der Waals surface area contributed by atoms with E-state index in [2.05, 4.69) is 22.5 Å². The van der Waals surface area contributed by atoms with Crippen molar-refractivity contribution in [3.63, 3.8) is 0 Å². The fourth-order valence-electron chi connectivity index (χ4n) is 2.56. The molecular weight excluding hydrogens is 214 g/mol. The minimum Gasteiger partial charge on any atom is -0.294 e. The second-order valence-corrected chi connectivity index (χ2v) is 4.76. The van der Waals surface area contributed by atoms with Gasteiger partial charge >= 0.3 is 0 Å². The number of hydrogen-bond donors (Lipinski definition) is 2. The van der Waals surface area contributed by atoms with E-state index in [0.717, 1.165) is 37.1 Å². The monoisotopic (exact) mass is 233 g/mol. The highest BCUT2D eigenvalue weighted by Gasteiger charge is 2.27. The summed E-state index contributed by atoms with van der Waals surface area (Å²) in [7, 11) is 0. The Balaban J connectivity index is 1.97. The van der Waals surface area contributed by atoms with Gasteiger partial charge in [0.25, 0.3) is 0 Å². The zero-order valence-corrected chi connectivity index (χ0v) is 10.1. The molecule has 0 aliphatic heterocycles. The van der Waals surface area contributed by atoms with E-state index >= 15 is 0 Å². The number of carbonyl (C=O) groups is 1. The Kier molecular flexibility index (Phi) is 3.74. The van der Waals surface area contributed by atoms with Crippen LogP contribution in [0.2, 0.25) is 0 Å². The topological polar surface area (TPSA) is 68.0 Å². The average Bonchev–Trinajstić information content (AvgIpc) is 2.38. The van der Waals surface area contributed by atoms with Crippen molar-refractivity contribution in [2.45, 2.75) is 38.5 Å². The summed E-state index contributed by atoms with van der Waals surface area (Å²) < 4.78 is 0. The van der Waals surface area contributed by atoms with Crippen molar-refractivity contribution in [3.05, 3.63) is 29.6 Å². The Morgan fingerprint density at radius 2 is 2.06 bits per heavy atom. The number of pyridine rings is 1. The van der Waals surface area contributed by atoms with Crippen molar-refractivity contribution in [2.75, 3.05) is 0 Å². The van der Waals surface area contributed by atoms with Gasteiger partial charge in [0, 0.05) is 23.2 Å². The zero-order valence-electron chi connectivity index (χ0n) is 10.1. The Hall–Kier alpha value is -1.42. The van der Waals surface area contributed by atoms with Crippen molar-refractivity contribution in [3.8, 4) is 0 Å². The van der Waals surface area contributed by atoms with Gasteiger partial charge in [-0.15, -0.1) is 0 Å². The van der Waals surface area contributed by atoms with Crippen LogP contribution < -0.4 is 11.3 Å². The molecule has 0 aromatic carbocycles. The van der Waals surface area contributed by atoms with Crippen LogP contribution in [0.1, 0.15) is 43.0 Å². The number of hydrogen-bond acceptors (Lipinski definition) is 3. The van der Waals surface area contributed by atoms with Crippen LogP contribution in [-0.4, -0.2) is 10.9 Å². The first-order valence-electron chi connectivity index (χ1n) is 6.14. The van der Waals surface area contributed by atoms with Crippen molar-refractivity contribution < 1.29 is 4.79 Å². The van der Waals surface area contributed by atoms with Crippen LogP contribution in [0.15, 0.2) is 18.2 Å². The molecule has 1 saturated carbocycles. The van der Waals surface area contributed by atoms with Gasteiger partial charge in [-0.1, -0.05) is 6.07 Å². The summed E-state index contributed by atoms with van der Waals surface area (Å²) in [5.74, 6) is 5.71. The number of nitrogens with one attached hydrogen (secondary N) is 1. The second kappa shape index (κ2) is 5.27. The molecule has 17 heavy (non-hydrogen) atoms. The summed E-state index contributed by atoms with van der Waals surface area (Å²) in [5, 5.41) is 0. The molecule has 0 saturated heterocycles. The Bertz CT molecular complexity index is 397. The van der Waals surface area contributed by atoms with Crippen LogP contribution in [0, 0.1) is 12.8 Å². The maximum absolute atomic E-state index is 11.4. The minimum absolute atomic E-state index is 0.0272. The highest BCUT2D eigenvalue weighted by Crippen LogP contribution is 2.34. The molecule has 0 radical (unpaired) electrons. The van der Waals surface area contributed by atoms with Gasteiger partial charge in [-0.25, -0.2) is 5.84 Å². The number of nitrogens with zero attached hydrogens (tertiary/aromatic N) is 1. The lowest BCUT2D eigenvalue weighted by molar-refractivity contribution is -0.126. The minimum atomic E-state index is -0.0272. The van der Waals surface area contributed by atoms with Gasteiger partial charge in [-0.05, 0) is 44.7 Å². The number of aromatic nitrogens is 1. The molecule has 1 aromatic rings. The molecule has 92 valence electrons. The quantitative estimate of drug-likeness (QED) is 0.463. The Morgan fingerprint density at radius 3 is 2.65 bits per heavy atom. The van der Waals surface area contributed by atoms with E-state index in [9.17, 15) is 4.79 Å². The number of nitrogens with two attached hydrogens (primary N) is 1. The van der Waals surface area contributed by atoms with Gasteiger partial charge in [0.15, 0.2) is 0 Å². The van der Waals surface area contributed by atoms with Crippen LogP contribution in [0.25, 0.3) is 0 Å². The summed E-state index contributed by atoms with van der Waals surface area (Å²) in [6, 6.07) is 6.15. The van der Waals surface area contributed by atoms with Crippen molar-refractivity contribution in [2.24, 2.45) is 11.8 Å². The van der Waals surface area contributed by atoms with Gasteiger partial charge in [0.2, 0.25) is 5.91 Å². The molecule has 0 unspecified atom stereocenters. The van der Waals surface area contributed by atoms with Gasteiger partial charge in [-0.2, -0.15) is 0 Å². The van der Waals surface area contributed by atoms with Gasteiger partial charge in [-0.3, -0.25) is 15.2 Å². The third kappa shape index (κ3) is 2.82. The maximum atomic E-state index is 11.4. The molecule has 0 atom stereocenters. The molecule has 2 rings (SSSR count). The Labute approximate surface area is 102 Å². The summed E-state index contributed by atoms with van der Waals surface area (Å²) in [4.78, 5) is 16.0. The second-order valence-electron chi connectivity index (χ2n) is 4.76. The zero-order chi connectivity index (χ0) is 12.3. The fraction of sp³-hybridized carbons (Fsp3) is 0.538. The summed E-state index contributed by atoms with van der Waals surface area (Å²) in [6.07, 6.45) is 3.86. The van der Waals surface area contributed by atoms with Crippen LogP contribution in [-0.2, 0) is 4.79 Å². The number of rotatable bonds is 2. The number of carbonyl (C=O) groups excluding carboxylic acids is 1. The normalized spacial score (nSPS) is 24.4. The van der Waals surface area contributed by atoms with E-state index in [1.54, 1.807) is 0 Å². The molecular formula is C13H19N3O. The van der Waals surface area contributed by atoms with Crippen molar-refractivity contribution in [1.82, 2.24) is 10.4 Å². The standard InChI is InChI=1S/C13H19N3O/c1-9-3-2-4-12(15-9)10-5-7-11(8-6-10)13(17)16-14/h2-4,10-11H,5-8,14H2,1H3,(H,16,17)/t10-,11-. The molecule has 1 amide bonds. The molecule has 0 bridgehead atoms. The first-order chi connectivity index (χ1) is 8.20. The van der Waals surface area contributed by atoms with Crippen molar-refractivity contribution in [1.29, 1.82) is 0 Å². The Morgan fingerprint density at radius 1 is 1.35 bits per heavy atom. The highest BCUT2D eigenvalue weighted by atomic mass is 16.2. The summed E-state index contributed by atoms with van der Waals surface area (Å²) in [5.41, 5.74) is 4.47. The lowest BCUT2D eigenvalue weighted by Gasteiger charge is -2.27. The molecule has 4 nitrogen and oxygen atoms in total. The first kappa shape index (κ1) is 12.0. The SMILES string of the molecule is Cc1cccc([C@H]2CC[C@H](C(=O)NN)CC2)n1. The van der Waals surface area contributed by atoms with E-state index in [1.165, 1.54) is 0 Å². The van der Waals surface area contributed by atoms with E-state index < -0.39 is 0 Å². The first-order valence-corrected chi connectivity index (χ1v) is 6.14. The van der Waals surface area contributed by atoms with Gasteiger partial charge in [0.1, 0.15) is 0 Å². The lowest BCUT2D eigenvalue weighted by atomic mass is 9.80. The molecule has 1 aliphatic rings. The molecule has 1 aliphatic carbocycles. The highest BCUT2D eigenvalue weighted by molar-refractivity contribution is 5.78. The molecule has 1 heterocycles. The number of amides is 1. The maximum Gasteiger partial charge on any atom is 0.236 e. The van der Waals surface area contributed by atoms with E-state index in [4.69, 9.17) is 5.84 Å². The largest absolute Gasteiger partial charge is 0.294 e. The third-order valence-electron chi connectivity index (χ3n) is 3.57. The van der Waals surface area contributed by atoms with E-state index in [1.807, 2.05) is 13.0 Å². The summed E-state index contributed by atoms with van der Waals surface area (Å²) in [6.45, 7) is 2.01. The van der Waals surface area contributed by atoms with Crippen LogP contribution in [0.4, 0.5) is 0 Å². The van der Waals surface area contributed by atoms with E-state index in [-0.39, 0.29) is 11.8 Å².